The maximum atomic E-state index is 11.4. The Morgan fingerprint density at radius 3 is 2.60 bits per heavy atom. The van der Waals surface area contributed by atoms with E-state index in [1.807, 2.05) is 19.9 Å². The minimum Gasteiger partial charge on any atom is -0.481 e. The number of carbonyl (C=O) groups is 1. The molecule has 4 heteroatoms. The van der Waals surface area contributed by atoms with Gasteiger partial charge in [0, 0.05) is 11.8 Å². The van der Waals surface area contributed by atoms with Crippen LogP contribution in [-0.4, -0.2) is 16.1 Å². The second kappa shape index (κ2) is 3.04. The number of rotatable bonds is 2. The van der Waals surface area contributed by atoms with Gasteiger partial charge in [0.1, 0.15) is 10.0 Å². The summed E-state index contributed by atoms with van der Waals surface area (Å²) < 4.78 is 0.637. The molecule has 15 heavy (non-hydrogen) atoms. The Hall–Kier alpha value is -0.900. The Labute approximate surface area is 96.7 Å². The highest BCUT2D eigenvalue weighted by Crippen LogP contribution is 2.65. The van der Waals surface area contributed by atoms with E-state index in [9.17, 15) is 9.90 Å². The summed E-state index contributed by atoms with van der Waals surface area (Å²) in [5.74, 6) is -0.763. The van der Waals surface area contributed by atoms with Crippen LogP contribution in [0.3, 0.4) is 0 Å². The number of hydrogen-bond acceptors (Lipinski definition) is 2. The number of hydrogen-bond donors (Lipinski definition) is 1. The lowest BCUT2D eigenvalue weighted by Crippen LogP contribution is -2.26. The third kappa shape index (κ3) is 1.31. The number of pyridine rings is 1. The maximum absolute atomic E-state index is 11.4. The standard InChI is InChI=1S/C11H12BrNO2/c1-10(2)6-11(10,9(14)15)7-4-3-5-13-8(7)12/h3-5H,6H2,1-2H3,(H,14,15). The molecule has 1 aromatic rings. The number of carboxylic acid groups (broad SMARTS) is 1. The summed E-state index contributed by atoms with van der Waals surface area (Å²) in [7, 11) is 0. The summed E-state index contributed by atoms with van der Waals surface area (Å²) in [6, 6.07) is 3.61. The van der Waals surface area contributed by atoms with Gasteiger partial charge in [0.15, 0.2) is 0 Å². The lowest BCUT2D eigenvalue weighted by Gasteiger charge is -2.16. The van der Waals surface area contributed by atoms with E-state index in [0.717, 1.165) is 5.56 Å². The predicted octanol–water partition coefficient (Wildman–Crippen LogP) is 2.60. The summed E-state index contributed by atoms with van der Waals surface area (Å²) in [6.07, 6.45) is 2.32. The van der Waals surface area contributed by atoms with Gasteiger partial charge in [-0.1, -0.05) is 19.9 Å². The Kier molecular flexibility index (Phi) is 2.15. The van der Waals surface area contributed by atoms with Crippen molar-refractivity contribution < 1.29 is 9.90 Å². The van der Waals surface area contributed by atoms with Crippen molar-refractivity contribution in [3.8, 4) is 0 Å². The molecule has 1 unspecified atom stereocenters. The molecule has 3 nitrogen and oxygen atoms in total. The molecule has 1 aliphatic rings. The minimum absolute atomic E-state index is 0.190. The van der Waals surface area contributed by atoms with E-state index in [-0.39, 0.29) is 5.41 Å². The third-order valence-corrected chi connectivity index (χ3v) is 3.95. The average Bonchev–Trinajstić information content (AvgIpc) is 2.71. The largest absolute Gasteiger partial charge is 0.481 e. The molecule has 0 saturated heterocycles. The molecule has 1 heterocycles. The SMILES string of the molecule is CC1(C)CC1(C(=O)O)c1cccnc1Br. The van der Waals surface area contributed by atoms with Gasteiger partial charge in [0.25, 0.3) is 0 Å². The van der Waals surface area contributed by atoms with Crippen molar-refractivity contribution >= 4 is 21.9 Å². The maximum Gasteiger partial charge on any atom is 0.314 e. The van der Waals surface area contributed by atoms with Crippen LogP contribution < -0.4 is 0 Å². The average molecular weight is 270 g/mol. The summed E-state index contributed by atoms with van der Waals surface area (Å²) in [5, 5.41) is 9.37. The molecule has 1 aliphatic carbocycles. The molecule has 1 N–H and O–H groups in total. The van der Waals surface area contributed by atoms with Crippen LogP contribution in [0, 0.1) is 5.41 Å². The molecule has 80 valence electrons. The number of nitrogens with zero attached hydrogens (tertiary/aromatic N) is 1. The van der Waals surface area contributed by atoms with Crippen LogP contribution in [0.25, 0.3) is 0 Å². The highest BCUT2D eigenvalue weighted by molar-refractivity contribution is 9.10. The molecular weight excluding hydrogens is 258 g/mol. The molecule has 2 rings (SSSR count). The van der Waals surface area contributed by atoms with E-state index >= 15 is 0 Å². The van der Waals surface area contributed by atoms with Crippen LogP contribution in [0.1, 0.15) is 25.8 Å². The van der Waals surface area contributed by atoms with Gasteiger partial charge in [0.2, 0.25) is 0 Å². The molecule has 1 aromatic heterocycles. The number of aliphatic carboxylic acids is 1. The monoisotopic (exact) mass is 269 g/mol. The zero-order valence-corrected chi connectivity index (χ0v) is 10.2. The van der Waals surface area contributed by atoms with Crippen LogP contribution in [0.4, 0.5) is 0 Å². The summed E-state index contributed by atoms with van der Waals surface area (Å²) in [6.45, 7) is 3.95. The van der Waals surface area contributed by atoms with Crippen LogP contribution in [-0.2, 0) is 10.2 Å². The van der Waals surface area contributed by atoms with E-state index in [4.69, 9.17) is 0 Å². The Bertz CT molecular complexity index is 430. The van der Waals surface area contributed by atoms with Crippen LogP contribution in [0.5, 0.6) is 0 Å². The van der Waals surface area contributed by atoms with Crippen molar-refractivity contribution in [1.82, 2.24) is 4.98 Å². The topological polar surface area (TPSA) is 50.2 Å². The first kappa shape index (κ1) is 10.6. The number of halogens is 1. The molecule has 0 amide bonds. The van der Waals surface area contributed by atoms with Gasteiger partial charge < -0.3 is 5.11 Å². The van der Waals surface area contributed by atoms with Crippen molar-refractivity contribution in [3.63, 3.8) is 0 Å². The van der Waals surface area contributed by atoms with Crippen LogP contribution in [0.15, 0.2) is 22.9 Å². The van der Waals surface area contributed by atoms with Crippen molar-refractivity contribution in [2.24, 2.45) is 5.41 Å². The molecule has 1 saturated carbocycles. The fourth-order valence-corrected chi connectivity index (χ4v) is 2.85. The molecule has 0 spiro atoms. The van der Waals surface area contributed by atoms with Gasteiger partial charge in [-0.2, -0.15) is 0 Å². The molecular formula is C11H12BrNO2. The quantitative estimate of drug-likeness (QED) is 0.840. The molecule has 1 fully saturated rings. The highest BCUT2D eigenvalue weighted by atomic mass is 79.9. The summed E-state index contributed by atoms with van der Waals surface area (Å²) in [4.78, 5) is 15.5. The van der Waals surface area contributed by atoms with Crippen molar-refractivity contribution in [2.75, 3.05) is 0 Å². The smallest absolute Gasteiger partial charge is 0.314 e. The Balaban J connectivity index is 2.55. The van der Waals surface area contributed by atoms with Crippen LogP contribution in [0.2, 0.25) is 0 Å². The van der Waals surface area contributed by atoms with Crippen LogP contribution >= 0.6 is 15.9 Å². The van der Waals surface area contributed by atoms with Gasteiger partial charge in [0.05, 0.1) is 0 Å². The molecule has 0 aliphatic heterocycles. The lowest BCUT2D eigenvalue weighted by molar-refractivity contribution is -0.141. The number of aromatic nitrogens is 1. The first-order valence-corrected chi connectivity index (χ1v) is 5.55. The zero-order valence-electron chi connectivity index (χ0n) is 8.62. The van der Waals surface area contributed by atoms with Gasteiger partial charge in [-0.05, 0) is 33.8 Å². The van der Waals surface area contributed by atoms with E-state index in [1.165, 1.54) is 0 Å². The summed E-state index contributed by atoms with van der Waals surface area (Å²) >= 11 is 3.32. The first-order chi connectivity index (χ1) is 6.92. The van der Waals surface area contributed by atoms with Gasteiger partial charge in [-0.3, -0.25) is 4.79 Å². The van der Waals surface area contributed by atoms with Crippen molar-refractivity contribution in [3.05, 3.63) is 28.5 Å². The van der Waals surface area contributed by atoms with E-state index in [1.54, 1.807) is 12.3 Å². The number of carboxylic acids is 1. The second-order valence-corrected chi connectivity index (χ2v) is 5.36. The van der Waals surface area contributed by atoms with E-state index in [2.05, 4.69) is 20.9 Å². The van der Waals surface area contributed by atoms with Crippen molar-refractivity contribution in [1.29, 1.82) is 0 Å². The molecule has 0 radical (unpaired) electrons. The predicted molar refractivity (Wildman–Crippen MR) is 59.6 cm³/mol. The van der Waals surface area contributed by atoms with E-state index in [0.29, 0.717) is 11.0 Å². The van der Waals surface area contributed by atoms with Gasteiger partial charge in [-0.15, -0.1) is 0 Å². The molecule has 1 atom stereocenters. The normalized spacial score (nSPS) is 27.4. The second-order valence-electron chi connectivity index (χ2n) is 4.61. The van der Waals surface area contributed by atoms with Gasteiger partial charge >= 0.3 is 5.97 Å². The fourth-order valence-electron chi connectivity index (χ4n) is 2.26. The lowest BCUT2D eigenvalue weighted by atomic mass is 9.89. The summed E-state index contributed by atoms with van der Waals surface area (Å²) in [5.41, 5.74) is -0.174. The minimum atomic E-state index is -0.764. The Morgan fingerprint density at radius 1 is 1.60 bits per heavy atom. The fraction of sp³-hybridized carbons (Fsp3) is 0.455. The zero-order chi connectivity index (χ0) is 11.3. The third-order valence-electron chi connectivity index (χ3n) is 3.32. The molecule has 0 aromatic carbocycles. The van der Waals surface area contributed by atoms with Gasteiger partial charge in [-0.25, -0.2) is 4.98 Å². The molecule has 0 bridgehead atoms. The highest BCUT2D eigenvalue weighted by Gasteiger charge is 2.68. The van der Waals surface area contributed by atoms with E-state index < -0.39 is 11.4 Å². The first-order valence-electron chi connectivity index (χ1n) is 4.76. The Morgan fingerprint density at radius 2 is 2.20 bits per heavy atom. The van der Waals surface area contributed by atoms with Crippen molar-refractivity contribution in [2.45, 2.75) is 25.7 Å².